The summed E-state index contributed by atoms with van der Waals surface area (Å²) < 4.78 is 0. The molecule has 0 radical (unpaired) electrons. The van der Waals surface area contributed by atoms with Gasteiger partial charge in [-0.2, -0.15) is 0 Å². The van der Waals surface area contributed by atoms with Gasteiger partial charge in [0.25, 0.3) is 0 Å². The molecule has 1 aliphatic carbocycles. The number of hydrogen-bond acceptors (Lipinski definition) is 2. The zero-order valence-electron chi connectivity index (χ0n) is 8.96. The van der Waals surface area contributed by atoms with Crippen LogP contribution < -0.4 is 5.32 Å². The van der Waals surface area contributed by atoms with Crippen molar-refractivity contribution in [3.63, 3.8) is 0 Å². The van der Waals surface area contributed by atoms with Gasteiger partial charge in [0.15, 0.2) is 0 Å². The van der Waals surface area contributed by atoms with Crippen LogP contribution in [0.3, 0.4) is 0 Å². The van der Waals surface area contributed by atoms with Crippen LogP contribution >= 0.6 is 11.6 Å². The molecule has 0 spiro atoms. The average Bonchev–Trinajstić information content (AvgIpc) is 2.16. The van der Waals surface area contributed by atoms with Crippen molar-refractivity contribution in [3.8, 4) is 0 Å². The van der Waals surface area contributed by atoms with E-state index in [2.05, 4.69) is 5.32 Å². The number of rotatable bonds is 4. The van der Waals surface area contributed by atoms with E-state index in [4.69, 9.17) is 11.6 Å². The molecular weight excluding hydrogens is 216 g/mol. The van der Waals surface area contributed by atoms with E-state index in [1.807, 2.05) is 6.92 Å². The Bertz CT molecular complexity index is 242. The van der Waals surface area contributed by atoms with Crippen molar-refractivity contribution in [1.82, 2.24) is 10.2 Å². The van der Waals surface area contributed by atoms with Gasteiger partial charge in [0.05, 0.1) is 0 Å². The van der Waals surface area contributed by atoms with E-state index in [0.29, 0.717) is 12.5 Å². The molecule has 1 fully saturated rings. The molecule has 0 saturated heterocycles. The van der Waals surface area contributed by atoms with Crippen molar-refractivity contribution in [2.75, 3.05) is 19.0 Å². The van der Waals surface area contributed by atoms with Gasteiger partial charge in [0, 0.05) is 13.1 Å². The van der Waals surface area contributed by atoms with E-state index in [1.54, 1.807) is 4.90 Å². The maximum atomic E-state index is 11.6. The molecule has 1 rings (SSSR count). The first-order valence-electron chi connectivity index (χ1n) is 5.32. The maximum absolute atomic E-state index is 11.6. The lowest BCUT2D eigenvalue weighted by Gasteiger charge is -2.31. The molecule has 5 heteroatoms. The van der Waals surface area contributed by atoms with Gasteiger partial charge in [-0.25, -0.2) is 4.79 Å². The summed E-state index contributed by atoms with van der Waals surface area (Å²) in [6.45, 7) is 3.28. The lowest BCUT2D eigenvalue weighted by atomic mass is 9.85. The van der Waals surface area contributed by atoms with Crippen molar-refractivity contribution in [2.45, 2.75) is 26.2 Å². The highest BCUT2D eigenvalue weighted by Gasteiger charge is 2.23. The third-order valence-corrected chi connectivity index (χ3v) is 2.98. The summed E-state index contributed by atoms with van der Waals surface area (Å²) in [7, 11) is 0. The number of alkyl halides is 1. The molecule has 0 unspecified atom stereocenters. The molecule has 0 aromatic rings. The predicted molar refractivity (Wildman–Crippen MR) is 58.8 cm³/mol. The van der Waals surface area contributed by atoms with Gasteiger partial charge in [0.1, 0.15) is 5.88 Å². The van der Waals surface area contributed by atoms with Crippen molar-refractivity contribution in [2.24, 2.45) is 5.92 Å². The quantitative estimate of drug-likeness (QED) is 0.749. The Hall–Kier alpha value is -0.770. The van der Waals surface area contributed by atoms with Crippen molar-refractivity contribution >= 4 is 23.5 Å². The summed E-state index contributed by atoms with van der Waals surface area (Å²) >= 11 is 5.31. The molecule has 3 amide bonds. The number of hydrogen-bond donors (Lipinski definition) is 1. The number of nitrogens with one attached hydrogen (secondary N) is 1. The van der Waals surface area contributed by atoms with E-state index < -0.39 is 5.91 Å². The summed E-state index contributed by atoms with van der Waals surface area (Å²) in [5.41, 5.74) is 0. The van der Waals surface area contributed by atoms with Crippen LogP contribution in [0.5, 0.6) is 0 Å². The highest BCUT2D eigenvalue weighted by molar-refractivity contribution is 6.28. The van der Waals surface area contributed by atoms with Crippen LogP contribution in [-0.2, 0) is 4.79 Å². The molecule has 1 N–H and O–H groups in total. The maximum Gasteiger partial charge on any atom is 0.324 e. The lowest BCUT2D eigenvalue weighted by molar-refractivity contribution is -0.117. The van der Waals surface area contributed by atoms with Crippen LogP contribution in [0, 0.1) is 5.92 Å². The Morgan fingerprint density at radius 2 is 2.13 bits per heavy atom. The second kappa shape index (κ2) is 5.95. The molecule has 4 nitrogen and oxygen atoms in total. The molecule has 0 atom stereocenters. The molecule has 1 saturated carbocycles. The second-order valence-electron chi connectivity index (χ2n) is 3.82. The molecule has 0 aromatic heterocycles. The number of imide groups is 1. The Labute approximate surface area is 95.0 Å². The molecule has 0 aromatic carbocycles. The SMILES string of the molecule is CCN(CC1CCC1)C(=O)NC(=O)CCl. The first-order chi connectivity index (χ1) is 7.17. The number of halogens is 1. The second-order valence-corrected chi connectivity index (χ2v) is 4.09. The molecule has 15 heavy (non-hydrogen) atoms. The van der Waals surface area contributed by atoms with Gasteiger partial charge in [-0.1, -0.05) is 6.42 Å². The van der Waals surface area contributed by atoms with Crippen molar-refractivity contribution in [1.29, 1.82) is 0 Å². The van der Waals surface area contributed by atoms with E-state index in [-0.39, 0.29) is 11.9 Å². The Balaban J connectivity index is 2.35. The Morgan fingerprint density at radius 3 is 2.53 bits per heavy atom. The van der Waals surface area contributed by atoms with Crippen LogP contribution in [0.4, 0.5) is 4.79 Å². The first-order valence-corrected chi connectivity index (χ1v) is 5.85. The average molecular weight is 233 g/mol. The van der Waals surface area contributed by atoms with Crippen LogP contribution in [0.2, 0.25) is 0 Å². The Kier molecular flexibility index (Phi) is 4.88. The number of carbonyl (C=O) groups excluding carboxylic acids is 2. The zero-order valence-corrected chi connectivity index (χ0v) is 9.72. The fourth-order valence-corrected chi connectivity index (χ4v) is 1.64. The van der Waals surface area contributed by atoms with Gasteiger partial charge in [-0.15, -0.1) is 11.6 Å². The molecule has 0 bridgehead atoms. The van der Waals surface area contributed by atoms with Gasteiger partial charge in [0.2, 0.25) is 5.91 Å². The standard InChI is InChI=1S/C10H17ClN2O2/c1-2-13(7-8-4-3-5-8)10(15)12-9(14)6-11/h8H,2-7H2,1H3,(H,12,14,15). The summed E-state index contributed by atoms with van der Waals surface area (Å²) in [5.74, 6) is 0.00253. The van der Waals surface area contributed by atoms with Crippen LogP contribution in [0.15, 0.2) is 0 Å². The van der Waals surface area contributed by atoms with E-state index in [1.165, 1.54) is 19.3 Å². The number of urea groups is 1. The van der Waals surface area contributed by atoms with Crippen molar-refractivity contribution < 1.29 is 9.59 Å². The number of carbonyl (C=O) groups is 2. The third kappa shape index (κ3) is 3.70. The molecular formula is C10H17ClN2O2. The normalized spacial score (nSPS) is 15.6. The van der Waals surface area contributed by atoms with Gasteiger partial charge < -0.3 is 4.90 Å². The Morgan fingerprint density at radius 1 is 1.47 bits per heavy atom. The fourth-order valence-electron chi connectivity index (χ4n) is 1.57. The molecule has 0 heterocycles. The van der Waals surface area contributed by atoms with Crippen LogP contribution in [-0.4, -0.2) is 35.8 Å². The minimum Gasteiger partial charge on any atom is -0.324 e. The summed E-state index contributed by atoms with van der Waals surface area (Å²) in [6.07, 6.45) is 3.63. The van der Waals surface area contributed by atoms with Crippen LogP contribution in [0.1, 0.15) is 26.2 Å². The summed E-state index contributed by atoms with van der Waals surface area (Å²) in [4.78, 5) is 24.1. The van der Waals surface area contributed by atoms with E-state index >= 15 is 0 Å². The van der Waals surface area contributed by atoms with Gasteiger partial charge in [-0.05, 0) is 25.7 Å². The number of amides is 3. The topological polar surface area (TPSA) is 49.4 Å². The van der Waals surface area contributed by atoms with Crippen LogP contribution in [0.25, 0.3) is 0 Å². The fraction of sp³-hybridized carbons (Fsp3) is 0.800. The first kappa shape index (κ1) is 12.3. The minimum atomic E-state index is -0.436. The van der Waals surface area contributed by atoms with E-state index in [9.17, 15) is 9.59 Å². The van der Waals surface area contributed by atoms with Gasteiger partial charge >= 0.3 is 6.03 Å². The largest absolute Gasteiger partial charge is 0.324 e. The minimum absolute atomic E-state index is 0.174. The number of nitrogens with zero attached hydrogens (tertiary/aromatic N) is 1. The summed E-state index contributed by atoms with van der Waals surface area (Å²) in [6, 6.07) is -0.324. The predicted octanol–water partition coefficient (Wildman–Crippen LogP) is 1.58. The smallest absolute Gasteiger partial charge is 0.324 e. The third-order valence-electron chi connectivity index (χ3n) is 2.74. The molecule has 0 aliphatic heterocycles. The highest BCUT2D eigenvalue weighted by atomic mass is 35.5. The van der Waals surface area contributed by atoms with Gasteiger partial charge in [-0.3, -0.25) is 10.1 Å². The lowest BCUT2D eigenvalue weighted by Crippen LogP contribution is -2.46. The zero-order chi connectivity index (χ0) is 11.3. The van der Waals surface area contributed by atoms with Crippen molar-refractivity contribution in [3.05, 3.63) is 0 Å². The van der Waals surface area contributed by atoms with E-state index in [0.717, 1.165) is 6.54 Å². The molecule has 1 aliphatic rings. The highest BCUT2D eigenvalue weighted by Crippen LogP contribution is 2.26. The summed E-state index contributed by atoms with van der Waals surface area (Å²) in [5, 5.41) is 2.25. The molecule has 86 valence electrons. The monoisotopic (exact) mass is 232 g/mol.